The molecule has 0 spiro atoms. The van der Waals surface area contributed by atoms with E-state index in [0.717, 1.165) is 12.8 Å². The molecule has 0 aromatic rings. The van der Waals surface area contributed by atoms with Crippen molar-refractivity contribution < 1.29 is 23.1 Å². The Morgan fingerprint density at radius 3 is 2.63 bits per heavy atom. The van der Waals surface area contributed by atoms with Gasteiger partial charge in [0.15, 0.2) is 0 Å². The van der Waals surface area contributed by atoms with E-state index < -0.39 is 22.2 Å². The number of nitrogens with two attached hydrogens (primary N) is 1. The zero-order chi connectivity index (χ0) is 14.5. The first-order valence-electron chi connectivity index (χ1n) is 6.10. The van der Waals surface area contributed by atoms with Gasteiger partial charge >= 0.3 is 5.97 Å². The number of nitrogens with zero attached hydrogens (tertiary/aromatic N) is 1. The summed E-state index contributed by atoms with van der Waals surface area (Å²) in [4.78, 5) is 10.5. The number of nitrogens with one attached hydrogen (secondary N) is 1. The van der Waals surface area contributed by atoms with Crippen LogP contribution >= 0.6 is 0 Å². The Labute approximate surface area is 113 Å². The lowest BCUT2D eigenvalue weighted by Gasteiger charge is -2.26. The fraction of sp³-hybridized carbons (Fsp3) is 0.900. The summed E-state index contributed by atoms with van der Waals surface area (Å²) in [5.74, 6) is -0.974. The number of carbonyl (C=O) groups is 1. The van der Waals surface area contributed by atoms with Crippen LogP contribution in [0.3, 0.4) is 0 Å². The van der Waals surface area contributed by atoms with Gasteiger partial charge in [0.05, 0.1) is 0 Å². The second-order valence-corrected chi connectivity index (χ2v) is 6.50. The molecule has 4 N–H and O–H groups in total. The van der Waals surface area contributed by atoms with Crippen LogP contribution in [0.1, 0.15) is 12.8 Å². The van der Waals surface area contributed by atoms with Gasteiger partial charge in [0.2, 0.25) is 0 Å². The maximum Gasteiger partial charge on any atom is 0.321 e. The van der Waals surface area contributed by atoms with E-state index in [4.69, 9.17) is 15.6 Å². The van der Waals surface area contributed by atoms with Crippen molar-refractivity contribution in [1.29, 1.82) is 0 Å². The molecule has 0 bridgehead atoms. The van der Waals surface area contributed by atoms with Gasteiger partial charge < -0.3 is 15.6 Å². The maximum absolute atomic E-state index is 11.9. The number of aliphatic carboxylic acids is 1. The van der Waals surface area contributed by atoms with Crippen molar-refractivity contribution >= 4 is 16.2 Å². The van der Waals surface area contributed by atoms with Gasteiger partial charge in [0.1, 0.15) is 6.04 Å². The molecule has 1 heterocycles. The summed E-state index contributed by atoms with van der Waals surface area (Å²) in [5, 5.41) is 8.59. The average molecular weight is 295 g/mol. The Kier molecular flexibility index (Phi) is 6.14. The van der Waals surface area contributed by atoms with Crippen LogP contribution in [0.5, 0.6) is 0 Å². The molecular weight excluding hydrogens is 274 g/mol. The molecule has 112 valence electrons. The Bertz CT molecular complexity index is 394. The van der Waals surface area contributed by atoms with Gasteiger partial charge in [-0.25, -0.2) is 0 Å². The normalized spacial score (nSPS) is 19.5. The molecule has 0 aromatic carbocycles. The van der Waals surface area contributed by atoms with Gasteiger partial charge in [-0.1, -0.05) is 0 Å². The molecule has 8 nitrogen and oxygen atoms in total. The molecule has 0 aromatic heterocycles. The maximum atomic E-state index is 11.9. The van der Waals surface area contributed by atoms with Crippen molar-refractivity contribution in [2.75, 3.05) is 33.4 Å². The molecule has 19 heavy (non-hydrogen) atoms. The molecule has 1 aliphatic rings. The van der Waals surface area contributed by atoms with Gasteiger partial charge in [-0.3, -0.25) is 4.79 Å². The predicted molar refractivity (Wildman–Crippen MR) is 68.7 cm³/mol. The average Bonchev–Trinajstić information content (AvgIpc) is 2.37. The van der Waals surface area contributed by atoms with Crippen molar-refractivity contribution in [2.45, 2.75) is 18.9 Å². The fourth-order valence-corrected chi connectivity index (χ4v) is 2.80. The minimum absolute atomic E-state index is 0.267. The van der Waals surface area contributed by atoms with Crippen LogP contribution in [0, 0.1) is 5.92 Å². The summed E-state index contributed by atoms with van der Waals surface area (Å²) in [6, 6.07) is -1.24. The quantitative estimate of drug-likeness (QED) is 0.530. The van der Waals surface area contributed by atoms with Gasteiger partial charge in [0, 0.05) is 33.4 Å². The minimum Gasteiger partial charge on any atom is -0.480 e. The number of carboxylic acid groups (broad SMARTS) is 1. The monoisotopic (exact) mass is 295 g/mol. The van der Waals surface area contributed by atoms with Crippen molar-refractivity contribution in [1.82, 2.24) is 9.03 Å². The SMILES string of the molecule is CN(CC1CCOCC1)S(=O)(=O)NC[C@H](N)C(=O)O. The number of rotatable bonds is 7. The molecule has 0 saturated carbocycles. The molecule has 1 aliphatic heterocycles. The van der Waals surface area contributed by atoms with E-state index in [0.29, 0.717) is 19.8 Å². The second kappa shape index (κ2) is 7.15. The summed E-state index contributed by atoms with van der Waals surface area (Å²) in [5.41, 5.74) is 5.25. The molecule has 1 saturated heterocycles. The molecule has 1 rings (SSSR count). The van der Waals surface area contributed by atoms with Gasteiger partial charge in [-0.05, 0) is 18.8 Å². The lowest BCUT2D eigenvalue weighted by atomic mass is 10.0. The van der Waals surface area contributed by atoms with Gasteiger partial charge in [0.25, 0.3) is 10.2 Å². The van der Waals surface area contributed by atoms with E-state index in [2.05, 4.69) is 4.72 Å². The highest BCUT2D eigenvalue weighted by atomic mass is 32.2. The number of ether oxygens (including phenoxy) is 1. The molecule has 0 amide bonds. The second-order valence-electron chi connectivity index (χ2n) is 4.63. The van der Waals surface area contributed by atoms with Crippen LogP contribution in [-0.4, -0.2) is 63.2 Å². The molecule has 1 atom stereocenters. The molecule has 0 aliphatic carbocycles. The Hall–Kier alpha value is -0.740. The highest BCUT2D eigenvalue weighted by Crippen LogP contribution is 2.16. The number of carboxylic acids is 1. The molecule has 0 unspecified atom stereocenters. The van der Waals surface area contributed by atoms with Crippen LogP contribution < -0.4 is 10.5 Å². The highest BCUT2D eigenvalue weighted by molar-refractivity contribution is 7.87. The van der Waals surface area contributed by atoms with Gasteiger partial charge in [-0.15, -0.1) is 0 Å². The molecule has 9 heteroatoms. The van der Waals surface area contributed by atoms with Crippen molar-refractivity contribution in [3.8, 4) is 0 Å². The lowest BCUT2D eigenvalue weighted by Crippen LogP contribution is -2.47. The summed E-state index contributed by atoms with van der Waals surface area (Å²) >= 11 is 0. The standard InChI is InChI=1S/C10H21N3O5S/c1-13(7-8-2-4-18-5-3-8)19(16,17)12-6-9(11)10(14)15/h8-9,12H,2-7,11H2,1H3,(H,14,15)/t9-/m0/s1. The number of hydrogen-bond donors (Lipinski definition) is 3. The highest BCUT2D eigenvalue weighted by Gasteiger charge is 2.24. The zero-order valence-corrected chi connectivity index (χ0v) is 11.7. The van der Waals surface area contributed by atoms with Crippen molar-refractivity contribution in [3.05, 3.63) is 0 Å². The smallest absolute Gasteiger partial charge is 0.321 e. The van der Waals surface area contributed by atoms with Crippen LogP contribution in [-0.2, 0) is 19.7 Å². The van der Waals surface area contributed by atoms with Crippen LogP contribution in [0.2, 0.25) is 0 Å². The fourth-order valence-electron chi connectivity index (χ4n) is 1.78. The van der Waals surface area contributed by atoms with E-state index in [1.165, 1.54) is 11.4 Å². The zero-order valence-electron chi connectivity index (χ0n) is 10.9. The predicted octanol–water partition coefficient (Wildman–Crippen LogP) is -1.41. The summed E-state index contributed by atoms with van der Waals surface area (Å²) in [6.45, 7) is 1.36. The largest absolute Gasteiger partial charge is 0.480 e. The van der Waals surface area contributed by atoms with Crippen molar-refractivity contribution in [3.63, 3.8) is 0 Å². The van der Waals surface area contributed by atoms with Crippen LogP contribution in [0.15, 0.2) is 0 Å². The van der Waals surface area contributed by atoms with Crippen molar-refractivity contribution in [2.24, 2.45) is 11.7 Å². The van der Waals surface area contributed by atoms with E-state index in [1.54, 1.807) is 0 Å². The Morgan fingerprint density at radius 2 is 2.11 bits per heavy atom. The Morgan fingerprint density at radius 1 is 1.53 bits per heavy atom. The van der Waals surface area contributed by atoms with Crippen LogP contribution in [0.25, 0.3) is 0 Å². The molecular formula is C10H21N3O5S. The first-order chi connectivity index (χ1) is 8.83. The van der Waals surface area contributed by atoms with Gasteiger partial charge in [-0.2, -0.15) is 17.4 Å². The minimum atomic E-state index is -3.69. The molecule has 1 fully saturated rings. The third-order valence-corrected chi connectivity index (χ3v) is 4.57. The summed E-state index contributed by atoms with van der Waals surface area (Å²) < 4.78 is 32.3. The first-order valence-corrected chi connectivity index (χ1v) is 7.54. The van der Waals surface area contributed by atoms with E-state index in [-0.39, 0.29) is 12.5 Å². The first kappa shape index (κ1) is 16.3. The molecule has 0 radical (unpaired) electrons. The summed E-state index contributed by atoms with van der Waals surface area (Å²) in [6.07, 6.45) is 1.66. The Balaban J connectivity index is 2.44. The summed E-state index contributed by atoms with van der Waals surface area (Å²) in [7, 11) is -2.23. The number of hydrogen-bond acceptors (Lipinski definition) is 5. The topological polar surface area (TPSA) is 122 Å². The van der Waals surface area contributed by atoms with Crippen LogP contribution in [0.4, 0.5) is 0 Å². The third kappa shape index (κ3) is 5.41. The lowest BCUT2D eigenvalue weighted by molar-refractivity contribution is -0.138. The van der Waals surface area contributed by atoms with E-state index in [1.807, 2.05) is 0 Å². The van der Waals surface area contributed by atoms with E-state index in [9.17, 15) is 13.2 Å². The third-order valence-electron chi connectivity index (χ3n) is 3.07. The van der Waals surface area contributed by atoms with E-state index >= 15 is 0 Å².